The van der Waals surface area contributed by atoms with Gasteiger partial charge in [-0.1, -0.05) is 24.5 Å². The number of rotatable bonds is 5. The summed E-state index contributed by atoms with van der Waals surface area (Å²) in [4.78, 5) is 0. The van der Waals surface area contributed by atoms with E-state index >= 15 is 0 Å². The van der Waals surface area contributed by atoms with Crippen molar-refractivity contribution < 1.29 is 0 Å². The molecule has 17 heavy (non-hydrogen) atoms. The summed E-state index contributed by atoms with van der Waals surface area (Å²) in [6.07, 6.45) is 11.1. The van der Waals surface area contributed by atoms with Crippen molar-refractivity contribution in [3.8, 4) is 0 Å². The molecule has 1 heterocycles. The Hall–Kier alpha value is -0.550. The van der Waals surface area contributed by atoms with Gasteiger partial charge in [-0.05, 0) is 19.1 Å². The van der Waals surface area contributed by atoms with Crippen LogP contribution in [0.1, 0.15) is 37.8 Å². The maximum absolute atomic E-state index is 4.09. The molecule has 1 aromatic rings. The molecule has 1 aliphatic carbocycles. The zero-order valence-electron chi connectivity index (χ0n) is 10.8. The highest BCUT2D eigenvalue weighted by molar-refractivity contribution is 8.00. The van der Waals surface area contributed by atoms with Gasteiger partial charge < -0.3 is 5.32 Å². The van der Waals surface area contributed by atoms with Crippen molar-refractivity contribution in [2.75, 3.05) is 12.8 Å². The third-order valence-electron chi connectivity index (χ3n) is 3.60. The molecule has 1 N–H and O–H groups in total. The van der Waals surface area contributed by atoms with Crippen LogP contribution in [0, 0.1) is 0 Å². The average molecular weight is 254 g/mol. The molecule has 0 spiro atoms. The summed E-state index contributed by atoms with van der Waals surface area (Å²) in [5, 5.41) is 11.6. The molecule has 4 nitrogen and oxygen atoms in total. The van der Waals surface area contributed by atoms with E-state index in [0.717, 1.165) is 18.8 Å². The van der Waals surface area contributed by atoms with Crippen LogP contribution in [0.5, 0.6) is 0 Å². The van der Waals surface area contributed by atoms with E-state index in [1.54, 1.807) is 4.68 Å². The highest BCUT2D eigenvalue weighted by Gasteiger charge is 2.30. The maximum Gasteiger partial charge on any atom is 0.0964 e. The van der Waals surface area contributed by atoms with E-state index < -0.39 is 0 Å². The second kappa shape index (κ2) is 5.87. The van der Waals surface area contributed by atoms with E-state index in [4.69, 9.17) is 0 Å². The topological polar surface area (TPSA) is 42.7 Å². The molecule has 0 aromatic carbocycles. The van der Waals surface area contributed by atoms with E-state index in [1.165, 1.54) is 32.1 Å². The minimum atomic E-state index is 0.459. The Morgan fingerprint density at radius 2 is 2.18 bits per heavy atom. The van der Waals surface area contributed by atoms with Gasteiger partial charge in [0.1, 0.15) is 0 Å². The largest absolute Gasteiger partial charge is 0.310 e. The number of nitrogens with one attached hydrogen (secondary N) is 1. The lowest BCUT2D eigenvalue weighted by Crippen LogP contribution is -2.39. The van der Waals surface area contributed by atoms with Gasteiger partial charge in [-0.3, -0.25) is 4.68 Å². The van der Waals surface area contributed by atoms with Gasteiger partial charge in [0.05, 0.1) is 5.69 Å². The Morgan fingerprint density at radius 3 is 2.76 bits per heavy atom. The van der Waals surface area contributed by atoms with Crippen LogP contribution in [-0.4, -0.2) is 32.5 Å². The third kappa shape index (κ3) is 3.45. The second-order valence-electron chi connectivity index (χ2n) is 4.93. The maximum atomic E-state index is 4.09. The number of aromatic nitrogens is 3. The lowest BCUT2D eigenvalue weighted by atomic mass is 9.88. The van der Waals surface area contributed by atoms with Gasteiger partial charge in [-0.15, -0.1) is 5.10 Å². The molecule has 5 heteroatoms. The Morgan fingerprint density at radius 1 is 1.41 bits per heavy atom. The molecule has 0 atom stereocenters. The molecule has 0 unspecified atom stereocenters. The van der Waals surface area contributed by atoms with Crippen LogP contribution >= 0.6 is 11.8 Å². The van der Waals surface area contributed by atoms with Crippen molar-refractivity contribution in [3.05, 3.63) is 11.9 Å². The molecule has 96 valence electrons. The van der Waals surface area contributed by atoms with Crippen LogP contribution in [0.15, 0.2) is 6.20 Å². The third-order valence-corrected chi connectivity index (χ3v) is 5.02. The van der Waals surface area contributed by atoms with Gasteiger partial charge in [0.25, 0.3) is 0 Å². The lowest BCUT2D eigenvalue weighted by molar-refractivity contribution is 0.379. The van der Waals surface area contributed by atoms with Crippen LogP contribution in [0.4, 0.5) is 0 Å². The molecule has 1 aliphatic rings. The van der Waals surface area contributed by atoms with E-state index in [1.807, 2.05) is 25.0 Å². The second-order valence-corrected chi connectivity index (χ2v) is 6.21. The molecule has 1 aromatic heterocycles. The zero-order chi connectivity index (χ0) is 12.1. The molecular weight excluding hydrogens is 232 g/mol. The Bertz CT molecular complexity index is 344. The first-order valence-electron chi connectivity index (χ1n) is 6.35. The first kappa shape index (κ1) is 12.9. The van der Waals surface area contributed by atoms with Crippen LogP contribution < -0.4 is 5.32 Å². The standard InChI is InChI=1S/C12H22N4S/c1-16-9-11(14-15-16)8-13-10-12(17-2)6-4-3-5-7-12/h9,13H,3-8,10H2,1-2H3. The Balaban J connectivity index is 1.79. The molecule has 1 fully saturated rings. The van der Waals surface area contributed by atoms with E-state index in [0.29, 0.717) is 4.75 Å². The number of nitrogens with zero attached hydrogens (tertiary/aromatic N) is 3. The van der Waals surface area contributed by atoms with Crippen molar-refractivity contribution in [2.45, 2.75) is 43.4 Å². The molecule has 0 aliphatic heterocycles. The van der Waals surface area contributed by atoms with Gasteiger partial charge in [0.15, 0.2) is 0 Å². The van der Waals surface area contributed by atoms with Gasteiger partial charge in [-0.2, -0.15) is 11.8 Å². The average Bonchev–Trinajstić information content (AvgIpc) is 2.76. The summed E-state index contributed by atoms with van der Waals surface area (Å²) in [5.74, 6) is 0. The van der Waals surface area contributed by atoms with E-state index in [9.17, 15) is 0 Å². The van der Waals surface area contributed by atoms with Crippen molar-refractivity contribution in [1.82, 2.24) is 20.3 Å². The summed E-state index contributed by atoms with van der Waals surface area (Å²) >= 11 is 2.03. The van der Waals surface area contributed by atoms with Gasteiger partial charge in [0, 0.05) is 31.1 Å². The minimum Gasteiger partial charge on any atom is -0.310 e. The van der Waals surface area contributed by atoms with Crippen LogP contribution in [0.25, 0.3) is 0 Å². The van der Waals surface area contributed by atoms with Gasteiger partial charge >= 0.3 is 0 Å². The smallest absolute Gasteiger partial charge is 0.0964 e. The predicted molar refractivity (Wildman–Crippen MR) is 72.0 cm³/mol. The molecule has 2 rings (SSSR count). The number of aryl methyl sites for hydroxylation is 1. The summed E-state index contributed by atoms with van der Waals surface area (Å²) in [7, 11) is 1.90. The van der Waals surface area contributed by atoms with Crippen molar-refractivity contribution in [1.29, 1.82) is 0 Å². The van der Waals surface area contributed by atoms with Crippen LogP contribution in [0.2, 0.25) is 0 Å². The van der Waals surface area contributed by atoms with Gasteiger partial charge in [-0.25, -0.2) is 0 Å². The van der Waals surface area contributed by atoms with Crippen molar-refractivity contribution in [3.63, 3.8) is 0 Å². The van der Waals surface area contributed by atoms with Crippen LogP contribution in [-0.2, 0) is 13.6 Å². The van der Waals surface area contributed by atoms with E-state index in [-0.39, 0.29) is 0 Å². The van der Waals surface area contributed by atoms with Crippen molar-refractivity contribution in [2.24, 2.45) is 7.05 Å². The zero-order valence-corrected chi connectivity index (χ0v) is 11.6. The molecule has 0 amide bonds. The number of hydrogen-bond acceptors (Lipinski definition) is 4. The molecule has 1 saturated carbocycles. The normalized spacial score (nSPS) is 19.4. The summed E-state index contributed by atoms with van der Waals surface area (Å²) < 4.78 is 2.21. The van der Waals surface area contributed by atoms with Gasteiger partial charge in [0.2, 0.25) is 0 Å². The van der Waals surface area contributed by atoms with Crippen LogP contribution in [0.3, 0.4) is 0 Å². The lowest BCUT2D eigenvalue weighted by Gasteiger charge is -2.35. The molecule has 0 radical (unpaired) electrons. The molecule has 0 saturated heterocycles. The number of thioether (sulfide) groups is 1. The highest BCUT2D eigenvalue weighted by atomic mass is 32.2. The Labute approximate surface area is 108 Å². The first-order valence-corrected chi connectivity index (χ1v) is 7.58. The number of hydrogen-bond donors (Lipinski definition) is 1. The Kier molecular flexibility index (Phi) is 4.45. The SMILES string of the molecule is CSC1(CNCc2cn(C)nn2)CCCCC1. The molecular formula is C12H22N4S. The van der Waals surface area contributed by atoms with E-state index in [2.05, 4.69) is 21.9 Å². The molecule has 0 bridgehead atoms. The monoisotopic (exact) mass is 254 g/mol. The summed E-state index contributed by atoms with van der Waals surface area (Å²) in [6.45, 7) is 1.92. The fourth-order valence-corrected chi connectivity index (χ4v) is 3.49. The first-order chi connectivity index (χ1) is 8.24. The quantitative estimate of drug-likeness (QED) is 0.872. The summed E-state index contributed by atoms with van der Waals surface area (Å²) in [6, 6.07) is 0. The summed E-state index contributed by atoms with van der Waals surface area (Å²) in [5.41, 5.74) is 1.03. The fraction of sp³-hybridized carbons (Fsp3) is 0.833. The fourth-order valence-electron chi connectivity index (χ4n) is 2.54. The minimum absolute atomic E-state index is 0.459. The predicted octanol–water partition coefficient (Wildman–Crippen LogP) is 1.97. The van der Waals surface area contributed by atoms with Crippen molar-refractivity contribution >= 4 is 11.8 Å². The highest BCUT2D eigenvalue weighted by Crippen LogP contribution is 2.37.